The van der Waals surface area contributed by atoms with Crippen molar-refractivity contribution >= 4 is 22.8 Å². The molecule has 2 saturated heterocycles. The summed E-state index contributed by atoms with van der Waals surface area (Å²) in [5, 5.41) is 10.00. The van der Waals surface area contributed by atoms with Gasteiger partial charge in [0.25, 0.3) is 5.91 Å². The van der Waals surface area contributed by atoms with Crippen molar-refractivity contribution in [1.29, 1.82) is 0 Å². The van der Waals surface area contributed by atoms with E-state index in [1.54, 1.807) is 24.3 Å². The van der Waals surface area contributed by atoms with Crippen LogP contribution < -0.4 is 21.6 Å². The Morgan fingerprint density at radius 3 is 2.71 bits per heavy atom. The van der Waals surface area contributed by atoms with Crippen LogP contribution in [0.25, 0.3) is 11.0 Å². The quantitative estimate of drug-likeness (QED) is 0.676. The molecule has 2 aromatic rings. The molecule has 2 amide bonds. The van der Waals surface area contributed by atoms with E-state index in [1.807, 2.05) is 13.0 Å². The predicted octanol–water partition coefficient (Wildman–Crippen LogP) is 0.769. The zero-order valence-electron chi connectivity index (χ0n) is 15.7. The van der Waals surface area contributed by atoms with Gasteiger partial charge in [-0.05, 0) is 31.9 Å². The van der Waals surface area contributed by atoms with Crippen molar-refractivity contribution in [2.45, 2.75) is 44.6 Å². The molecule has 2 unspecified atom stereocenters. The Morgan fingerprint density at radius 1 is 1.21 bits per heavy atom. The molecule has 3 heterocycles. The van der Waals surface area contributed by atoms with Crippen molar-refractivity contribution < 1.29 is 14.0 Å². The van der Waals surface area contributed by atoms with E-state index in [-0.39, 0.29) is 29.8 Å². The molecule has 0 bridgehead atoms. The third-order valence-electron chi connectivity index (χ3n) is 5.35. The van der Waals surface area contributed by atoms with Gasteiger partial charge in [-0.1, -0.05) is 18.2 Å². The Bertz CT molecular complexity index is 949. The number of para-hydroxylation sites is 1. The van der Waals surface area contributed by atoms with Crippen LogP contribution in [0.5, 0.6) is 0 Å². The van der Waals surface area contributed by atoms with Crippen molar-refractivity contribution in [2.24, 2.45) is 0 Å². The number of hydrogen-bond donors (Lipinski definition) is 3. The van der Waals surface area contributed by atoms with Gasteiger partial charge in [-0.2, -0.15) is 0 Å². The van der Waals surface area contributed by atoms with E-state index in [4.69, 9.17) is 4.42 Å². The first-order chi connectivity index (χ1) is 13.5. The lowest BCUT2D eigenvalue weighted by atomic mass is 10.0. The van der Waals surface area contributed by atoms with Crippen molar-refractivity contribution in [2.75, 3.05) is 13.1 Å². The van der Waals surface area contributed by atoms with E-state index in [0.717, 1.165) is 31.3 Å². The Hall–Kier alpha value is -2.71. The van der Waals surface area contributed by atoms with E-state index >= 15 is 0 Å². The molecule has 8 nitrogen and oxygen atoms in total. The molecular weight excluding hydrogens is 360 g/mol. The Labute approximate surface area is 162 Å². The summed E-state index contributed by atoms with van der Waals surface area (Å²) in [4.78, 5) is 38.7. The average molecular weight is 384 g/mol. The Morgan fingerprint density at radius 2 is 1.96 bits per heavy atom. The monoisotopic (exact) mass is 384 g/mol. The van der Waals surface area contributed by atoms with E-state index in [1.165, 1.54) is 0 Å². The van der Waals surface area contributed by atoms with Crippen molar-refractivity contribution in [1.82, 2.24) is 20.9 Å². The van der Waals surface area contributed by atoms with Gasteiger partial charge in [0, 0.05) is 37.0 Å². The van der Waals surface area contributed by atoms with Gasteiger partial charge in [0.2, 0.25) is 5.91 Å². The number of fused-ring (bicyclic) bond motifs is 1. The normalized spacial score (nSPS) is 24.1. The van der Waals surface area contributed by atoms with Crippen molar-refractivity contribution in [3.05, 3.63) is 46.3 Å². The average Bonchev–Trinajstić information content (AvgIpc) is 2.67. The van der Waals surface area contributed by atoms with Crippen molar-refractivity contribution in [3.63, 3.8) is 0 Å². The van der Waals surface area contributed by atoms with Gasteiger partial charge in [-0.15, -0.1) is 0 Å². The van der Waals surface area contributed by atoms with E-state index in [9.17, 15) is 14.4 Å². The molecular formula is C20H24N4O4. The maximum Gasteiger partial charge on any atom is 0.349 e. The minimum Gasteiger partial charge on any atom is -0.422 e. The molecule has 2 atom stereocenters. The highest BCUT2D eigenvalue weighted by atomic mass is 16.4. The number of hydrogen-bond acceptors (Lipinski definition) is 6. The van der Waals surface area contributed by atoms with Gasteiger partial charge in [0.1, 0.15) is 17.4 Å². The summed E-state index contributed by atoms with van der Waals surface area (Å²) in [5.41, 5.74) is -0.137. The lowest BCUT2D eigenvalue weighted by Crippen LogP contribution is -2.65. The van der Waals surface area contributed by atoms with Gasteiger partial charge in [-0.25, -0.2) is 4.79 Å². The van der Waals surface area contributed by atoms with Crippen LogP contribution in [0.15, 0.2) is 39.5 Å². The summed E-state index contributed by atoms with van der Waals surface area (Å²) < 4.78 is 5.25. The minimum atomic E-state index is -0.628. The van der Waals surface area contributed by atoms with Crippen LogP contribution in [0, 0.1) is 0 Å². The number of nitrogens with one attached hydrogen (secondary N) is 3. The smallest absolute Gasteiger partial charge is 0.349 e. The summed E-state index contributed by atoms with van der Waals surface area (Å²) in [6.07, 6.45) is 1.80. The molecule has 2 aliphatic heterocycles. The Balaban J connectivity index is 1.37. The molecule has 4 rings (SSSR count). The third-order valence-corrected chi connectivity index (χ3v) is 5.35. The van der Waals surface area contributed by atoms with Gasteiger partial charge < -0.3 is 15.1 Å². The van der Waals surface area contributed by atoms with Gasteiger partial charge in [0.15, 0.2) is 0 Å². The van der Waals surface area contributed by atoms with Crippen LogP contribution in [0.3, 0.4) is 0 Å². The molecule has 2 fully saturated rings. The lowest BCUT2D eigenvalue weighted by molar-refractivity contribution is -0.127. The highest BCUT2D eigenvalue weighted by molar-refractivity contribution is 5.96. The zero-order valence-corrected chi connectivity index (χ0v) is 15.7. The number of likely N-dealkylation sites (tertiary alicyclic amines) is 1. The molecule has 0 spiro atoms. The first-order valence-electron chi connectivity index (χ1n) is 9.63. The highest BCUT2D eigenvalue weighted by Gasteiger charge is 2.31. The Kier molecular flexibility index (Phi) is 5.15. The molecule has 0 saturated carbocycles. The fourth-order valence-electron chi connectivity index (χ4n) is 3.84. The molecule has 148 valence electrons. The summed E-state index contributed by atoms with van der Waals surface area (Å²) in [6.45, 7) is 3.47. The zero-order chi connectivity index (χ0) is 19.7. The number of amides is 2. The lowest BCUT2D eigenvalue weighted by Gasteiger charge is -2.41. The van der Waals surface area contributed by atoms with Crippen LogP contribution in [-0.2, 0) is 4.79 Å². The molecule has 2 aliphatic rings. The SMILES string of the molecule is CC1CC(=O)NC(N2CCC(NC(=O)c3cc4ccccc4oc3=O)CC2)N1. The van der Waals surface area contributed by atoms with Gasteiger partial charge in [-0.3, -0.25) is 19.8 Å². The molecule has 0 aliphatic carbocycles. The largest absolute Gasteiger partial charge is 0.422 e. The fourth-order valence-corrected chi connectivity index (χ4v) is 3.84. The topological polar surface area (TPSA) is 104 Å². The minimum absolute atomic E-state index is 0.0219. The molecule has 0 radical (unpaired) electrons. The highest BCUT2D eigenvalue weighted by Crippen LogP contribution is 2.16. The van der Waals surface area contributed by atoms with E-state index in [2.05, 4.69) is 20.9 Å². The third kappa shape index (κ3) is 3.93. The first kappa shape index (κ1) is 18.6. The van der Waals surface area contributed by atoms with Crippen LogP contribution in [0.1, 0.15) is 36.5 Å². The standard InChI is InChI=1S/C20H24N4O4/c1-12-10-17(25)23-20(21-12)24-8-6-14(7-9-24)22-18(26)15-11-13-4-2-3-5-16(13)28-19(15)27/h2-5,11-12,14,20-21H,6-10H2,1H3,(H,22,26)(H,23,25). The molecule has 3 N–H and O–H groups in total. The fraction of sp³-hybridized carbons (Fsp3) is 0.450. The maximum atomic E-state index is 12.6. The predicted molar refractivity (Wildman–Crippen MR) is 104 cm³/mol. The number of nitrogens with zero attached hydrogens (tertiary/aromatic N) is 1. The van der Waals surface area contributed by atoms with Crippen LogP contribution in [0.2, 0.25) is 0 Å². The van der Waals surface area contributed by atoms with E-state index < -0.39 is 11.5 Å². The second-order valence-electron chi connectivity index (χ2n) is 7.51. The number of carbonyl (C=O) groups is 2. The molecule has 8 heteroatoms. The summed E-state index contributed by atoms with van der Waals surface area (Å²) in [7, 11) is 0. The van der Waals surface area contributed by atoms with E-state index in [0.29, 0.717) is 12.0 Å². The maximum absolute atomic E-state index is 12.6. The summed E-state index contributed by atoms with van der Waals surface area (Å²) in [5.74, 6) is -0.356. The van der Waals surface area contributed by atoms with Crippen LogP contribution in [-0.4, -0.2) is 48.2 Å². The second kappa shape index (κ2) is 7.73. The number of benzene rings is 1. The number of piperidine rings is 1. The summed E-state index contributed by atoms with van der Waals surface area (Å²) in [6, 6.07) is 8.82. The van der Waals surface area contributed by atoms with Crippen LogP contribution >= 0.6 is 0 Å². The van der Waals surface area contributed by atoms with Crippen molar-refractivity contribution in [3.8, 4) is 0 Å². The molecule has 1 aromatic carbocycles. The molecule has 28 heavy (non-hydrogen) atoms. The first-order valence-corrected chi connectivity index (χ1v) is 9.63. The van der Waals surface area contributed by atoms with Crippen LogP contribution in [0.4, 0.5) is 0 Å². The van der Waals surface area contributed by atoms with Gasteiger partial charge >= 0.3 is 5.63 Å². The summed E-state index contributed by atoms with van der Waals surface area (Å²) >= 11 is 0. The second-order valence-corrected chi connectivity index (χ2v) is 7.51. The molecule has 1 aromatic heterocycles. The number of rotatable bonds is 3. The number of carbonyl (C=O) groups excluding carboxylic acids is 2. The van der Waals surface area contributed by atoms with Gasteiger partial charge in [0.05, 0.1) is 0 Å².